The molecule has 5 heteroatoms. The summed E-state index contributed by atoms with van der Waals surface area (Å²) in [4.78, 5) is 2.35. The van der Waals surface area contributed by atoms with Crippen molar-refractivity contribution in [1.82, 2.24) is 4.90 Å². The van der Waals surface area contributed by atoms with Gasteiger partial charge in [-0.2, -0.15) is 0 Å². The molecule has 0 radical (unpaired) electrons. The van der Waals surface area contributed by atoms with E-state index < -0.39 is 7.60 Å². The predicted molar refractivity (Wildman–Crippen MR) is 90.9 cm³/mol. The lowest BCUT2D eigenvalue weighted by molar-refractivity contribution is 0.154. The monoisotopic (exact) mass is 321 g/mol. The molecule has 128 valence electrons. The van der Waals surface area contributed by atoms with E-state index in [4.69, 9.17) is 9.05 Å². The van der Waals surface area contributed by atoms with Gasteiger partial charge in [0.15, 0.2) is 0 Å². The summed E-state index contributed by atoms with van der Waals surface area (Å²) in [5.74, 6) is -0.0968. The topological polar surface area (TPSA) is 38.8 Å². The predicted octanol–water partition coefficient (Wildman–Crippen LogP) is 5.28. The van der Waals surface area contributed by atoms with Crippen molar-refractivity contribution in [2.24, 2.45) is 0 Å². The second-order valence-corrected chi connectivity index (χ2v) is 7.58. The maximum Gasteiger partial charge on any atom is 0.347 e. The van der Waals surface area contributed by atoms with E-state index in [1.807, 2.05) is 13.8 Å². The largest absolute Gasteiger partial charge is 0.347 e. The Morgan fingerprint density at radius 3 is 1.67 bits per heavy atom. The molecule has 0 aromatic rings. The molecule has 4 nitrogen and oxygen atoms in total. The van der Waals surface area contributed by atoms with Gasteiger partial charge in [0.1, 0.15) is 5.78 Å². The van der Waals surface area contributed by atoms with Crippen molar-refractivity contribution in [3.63, 3.8) is 0 Å². The van der Waals surface area contributed by atoms with Crippen LogP contribution in [0.1, 0.15) is 73.1 Å². The fourth-order valence-electron chi connectivity index (χ4n) is 2.50. The van der Waals surface area contributed by atoms with E-state index in [1.165, 1.54) is 0 Å². The van der Waals surface area contributed by atoms with E-state index in [1.54, 1.807) is 0 Å². The molecule has 0 rings (SSSR count). The molecule has 0 aromatic carbocycles. The highest BCUT2D eigenvalue weighted by molar-refractivity contribution is 7.54. The lowest BCUT2D eigenvalue weighted by atomic mass is 10.2. The Bertz CT molecular complexity index is 269. The van der Waals surface area contributed by atoms with Gasteiger partial charge in [-0.1, -0.05) is 40.0 Å². The van der Waals surface area contributed by atoms with Gasteiger partial charge >= 0.3 is 7.60 Å². The molecule has 0 spiro atoms. The van der Waals surface area contributed by atoms with E-state index >= 15 is 0 Å². The minimum Gasteiger partial charge on any atom is -0.308 e. The van der Waals surface area contributed by atoms with Crippen LogP contribution in [0.5, 0.6) is 0 Å². The smallest absolute Gasteiger partial charge is 0.308 e. The highest BCUT2D eigenvalue weighted by atomic mass is 31.2. The van der Waals surface area contributed by atoms with Gasteiger partial charge in [0.2, 0.25) is 0 Å². The van der Waals surface area contributed by atoms with Gasteiger partial charge < -0.3 is 9.05 Å². The number of hydrogen-bond acceptors (Lipinski definition) is 4. The summed E-state index contributed by atoms with van der Waals surface area (Å²) < 4.78 is 24.4. The molecular weight excluding hydrogens is 285 g/mol. The molecule has 0 bridgehead atoms. The Morgan fingerprint density at radius 2 is 1.33 bits per heavy atom. The van der Waals surface area contributed by atoms with Crippen molar-refractivity contribution < 1.29 is 13.6 Å². The molecular formula is C16H36NO3P. The molecule has 0 aliphatic heterocycles. The van der Waals surface area contributed by atoms with Crippen LogP contribution in [0.3, 0.4) is 0 Å². The van der Waals surface area contributed by atoms with Crippen LogP contribution in [0.4, 0.5) is 0 Å². The van der Waals surface area contributed by atoms with Crippen molar-refractivity contribution in [3.8, 4) is 0 Å². The molecule has 0 fully saturated rings. The van der Waals surface area contributed by atoms with Crippen LogP contribution in [-0.2, 0) is 13.6 Å². The molecule has 0 N–H and O–H groups in total. The maximum atomic E-state index is 13.2. The number of rotatable bonds is 14. The molecule has 0 aliphatic carbocycles. The van der Waals surface area contributed by atoms with E-state index in [0.717, 1.165) is 51.6 Å². The van der Waals surface area contributed by atoms with Crippen LogP contribution in [0.2, 0.25) is 0 Å². The molecule has 0 saturated carbocycles. The standard InChI is InChI=1S/C16H36NO3P/c1-6-11-14-17(15-12-7-2)16(13-8-3)21(18,19-9-4)20-10-5/h16H,6-15H2,1-5H3. The SMILES string of the molecule is CCCCN(CCCC)C(CCC)P(=O)(OCC)OCC. The van der Waals surface area contributed by atoms with Crippen molar-refractivity contribution >= 4 is 7.60 Å². The zero-order chi connectivity index (χ0) is 16.1. The van der Waals surface area contributed by atoms with E-state index in [-0.39, 0.29) is 5.78 Å². The number of nitrogens with zero attached hydrogens (tertiary/aromatic N) is 1. The van der Waals surface area contributed by atoms with Crippen molar-refractivity contribution in [2.45, 2.75) is 78.9 Å². The van der Waals surface area contributed by atoms with Gasteiger partial charge in [0.05, 0.1) is 13.2 Å². The first-order chi connectivity index (χ1) is 10.1. The fraction of sp³-hybridized carbons (Fsp3) is 1.00. The van der Waals surface area contributed by atoms with Gasteiger partial charge in [0, 0.05) is 0 Å². The lowest BCUT2D eigenvalue weighted by Crippen LogP contribution is -2.38. The van der Waals surface area contributed by atoms with Gasteiger partial charge in [-0.15, -0.1) is 0 Å². The Hall–Kier alpha value is 0.110. The normalized spacial score (nSPS) is 13.8. The van der Waals surface area contributed by atoms with Crippen LogP contribution in [0, 0.1) is 0 Å². The molecule has 0 aromatic heterocycles. The summed E-state index contributed by atoms with van der Waals surface area (Å²) in [6, 6.07) is 0. The van der Waals surface area contributed by atoms with E-state index in [9.17, 15) is 4.57 Å². The third-order valence-electron chi connectivity index (χ3n) is 3.55. The Kier molecular flexibility index (Phi) is 12.7. The third kappa shape index (κ3) is 7.78. The molecule has 0 saturated heterocycles. The van der Waals surface area contributed by atoms with Gasteiger partial charge in [-0.3, -0.25) is 9.46 Å². The summed E-state index contributed by atoms with van der Waals surface area (Å²) in [6.07, 6.45) is 6.41. The van der Waals surface area contributed by atoms with Gasteiger partial charge in [-0.05, 0) is 46.2 Å². The summed E-state index contributed by atoms with van der Waals surface area (Å²) in [5.41, 5.74) is 0. The Labute approximate surface area is 132 Å². The van der Waals surface area contributed by atoms with E-state index in [2.05, 4.69) is 25.7 Å². The summed E-state index contributed by atoms with van der Waals surface area (Å²) in [7, 11) is -3.06. The summed E-state index contributed by atoms with van der Waals surface area (Å²) >= 11 is 0. The minimum absolute atomic E-state index is 0.0968. The second-order valence-electron chi connectivity index (χ2n) is 5.39. The fourth-order valence-corrected chi connectivity index (χ4v) is 4.84. The Balaban J connectivity index is 5.15. The highest BCUT2D eigenvalue weighted by Crippen LogP contribution is 2.55. The maximum absolute atomic E-state index is 13.2. The van der Waals surface area contributed by atoms with Crippen LogP contribution in [0.15, 0.2) is 0 Å². The highest BCUT2D eigenvalue weighted by Gasteiger charge is 2.38. The lowest BCUT2D eigenvalue weighted by Gasteiger charge is -2.35. The minimum atomic E-state index is -3.06. The summed E-state index contributed by atoms with van der Waals surface area (Å²) in [5, 5.41) is 0. The molecule has 21 heavy (non-hydrogen) atoms. The van der Waals surface area contributed by atoms with Crippen LogP contribution in [0.25, 0.3) is 0 Å². The first-order valence-electron chi connectivity index (χ1n) is 8.72. The van der Waals surface area contributed by atoms with Crippen molar-refractivity contribution in [1.29, 1.82) is 0 Å². The van der Waals surface area contributed by atoms with Crippen LogP contribution in [-0.4, -0.2) is 37.0 Å². The van der Waals surface area contributed by atoms with Crippen molar-refractivity contribution in [3.05, 3.63) is 0 Å². The van der Waals surface area contributed by atoms with Crippen LogP contribution < -0.4 is 0 Å². The first-order valence-corrected chi connectivity index (χ1v) is 10.3. The molecule has 0 heterocycles. The van der Waals surface area contributed by atoms with Crippen molar-refractivity contribution in [2.75, 3.05) is 26.3 Å². The van der Waals surface area contributed by atoms with Gasteiger partial charge in [-0.25, -0.2) is 0 Å². The molecule has 0 amide bonds. The number of hydrogen-bond donors (Lipinski definition) is 0. The zero-order valence-corrected chi connectivity index (χ0v) is 15.7. The van der Waals surface area contributed by atoms with E-state index in [0.29, 0.717) is 13.2 Å². The zero-order valence-electron chi connectivity index (χ0n) is 14.8. The van der Waals surface area contributed by atoms with Crippen LogP contribution >= 0.6 is 7.60 Å². The number of unbranched alkanes of at least 4 members (excludes halogenated alkanes) is 2. The molecule has 1 atom stereocenters. The summed E-state index contributed by atoms with van der Waals surface area (Å²) in [6.45, 7) is 13.1. The average Bonchev–Trinajstić information content (AvgIpc) is 2.46. The average molecular weight is 321 g/mol. The quantitative estimate of drug-likeness (QED) is 0.408. The molecule has 0 aliphatic rings. The Morgan fingerprint density at radius 1 is 0.857 bits per heavy atom. The van der Waals surface area contributed by atoms with Gasteiger partial charge in [0.25, 0.3) is 0 Å². The second kappa shape index (κ2) is 12.6. The first kappa shape index (κ1) is 21.1. The third-order valence-corrected chi connectivity index (χ3v) is 6.10. The molecule has 1 unspecified atom stereocenters.